The Balaban J connectivity index is 1.33. The van der Waals surface area contributed by atoms with Gasteiger partial charge in [-0.15, -0.1) is 15.0 Å². The van der Waals surface area contributed by atoms with Gasteiger partial charge in [-0.1, -0.05) is 60.7 Å². The lowest BCUT2D eigenvalue weighted by Gasteiger charge is -2.30. The Hall–Kier alpha value is -2.88. The number of hydrogen-bond donors (Lipinski definition) is 1. The highest BCUT2D eigenvalue weighted by Gasteiger charge is 2.27. The molecule has 4 rings (SSSR count). The van der Waals surface area contributed by atoms with Crippen molar-refractivity contribution >= 4 is 16.1 Å². The number of piperazine rings is 1. The van der Waals surface area contributed by atoms with E-state index >= 15 is 0 Å². The number of quaternary nitrogens is 1. The molecule has 0 radical (unpaired) electrons. The largest absolute Gasteiger partial charge is 0.313 e. The van der Waals surface area contributed by atoms with E-state index in [4.69, 9.17) is 0 Å². The Kier molecular flexibility index (Phi) is 5.79. The zero-order chi connectivity index (χ0) is 20.1. The number of rotatable bonds is 6. The van der Waals surface area contributed by atoms with Crippen molar-refractivity contribution in [3.05, 3.63) is 71.6 Å². The molecular weight excluding hydrogens is 388 g/mol. The van der Waals surface area contributed by atoms with Crippen LogP contribution in [0, 0.1) is 0 Å². The van der Waals surface area contributed by atoms with E-state index in [0.29, 0.717) is 38.7 Å². The van der Waals surface area contributed by atoms with Crippen LogP contribution in [0.5, 0.6) is 0 Å². The van der Waals surface area contributed by atoms with Crippen molar-refractivity contribution in [1.29, 1.82) is 0 Å². The van der Waals surface area contributed by atoms with Gasteiger partial charge in [0.1, 0.15) is 0 Å². The van der Waals surface area contributed by atoms with E-state index in [9.17, 15) is 8.42 Å². The van der Waals surface area contributed by atoms with Gasteiger partial charge in [-0.25, -0.2) is 8.42 Å². The molecule has 1 aliphatic heterocycles. The van der Waals surface area contributed by atoms with Crippen molar-refractivity contribution in [2.75, 3.05) is 26.2 Å². The number of tetrazole rings is 1. The lowest BCUT2D eigenvalue weighted by molar-refractivity contribution is -0.927. The van der Waals surface area contributed by atoms with Crippen LogP contribution < -0.4 is 4.90 Å². The van der Waals surface area contributed by atoms with E-state index < -0.39 is 10.0 Å². The number of hydrogen-bond acceptors (Lipinski definition) is 5. The molecule has 0 amide bonds. The lowest BCUT2D eigenvalue weighted by atomic mass is 10.2. The third-order valence-corrected chi connectivity index (χ3v) is 6.44. The fraction of sp³-hybridized carbons (Fsp3) is 0.250. The number of benzene rings is 2. The van der Waals surface area contributed by atoms with Crippen LogP contribution in [0.1, 0.15) is 5.56 Å². The number of sulfonamides is 1. The number of aromatic nitrogens is 4. The molecule has 1 saturated heterocycles. The molecular formula is C20H23N6O2S+. The molecule has 1 N–H and O–H groups in total. The summed E-state index contributed by atoms with van der Waals surface area (Å²) in [5.41, 5.74) is 1.79. The van der Waals surface area contributed by atoms with Gasteiger partial charge in [-0.3, -0.25) is 0 Å². The van der Waals surface area contributed by atoms with Crippen LogP contribution >= 0.6 is 0 Å². The van der Waals surface area contributed by atoms with E-state index in [0.717, 1.165) is 11.1 Å². The first-order valence-corrected chi connectivity index (χ1v) is 11.0. The molecule has 1 aliphatic rings. The van der Waals surface area contributed by atoms with Gasteiger partial charge in [0.05, 0.1) is 26.2 Å². The number of nitrogens with zero attached hydrogens (tertiary/aromatic N) is 5. The fourth-order valence-electron chi connectivity index (χ4n) is 3.24. The van der Waals surface area contributed by atoms with Crippen LogP contribution in [0.2, 0.25) is 0 Å². The predicted octanol–water partition coefficient (Wildman–Crippen LogP) is 0.499. The van der Waals surface area contributed by atoms with Crippen molar-refractivity contribution in [2.45, 2.75) is 6.67 Å². The lowest BCUT2D eigenvalue weighted by Crippen LogP contribution is -3.14. The summed E-state index contributed by atoms with van der Waals surface area (Å²) in [6.45, 7) is 2.89. The average molecular weight is 412 g/mol. The van der Waals surface area contributed by atoms with Gasteiger partial charge in [0.2, 0.25) is 15.8 Å². The first kappa shape index (κ1) is 19.4. The molecule has 8 nitrogen and oxygen atoms in total. The molecule has 2 heterocycles. The van der Waals surface area contributed by atoms with Crippen LogP contribution in [-0.2, 0) is 16.7 Å². The molecule has 1 aromatic heterocycles. The summed E-state index contributed by atoms with van der Waals surface area (Å²) in [5, 5.41) is 14.0. The highest BCUT2D eigenvalue weighted by molar-refractivity contribution is 7.92. The van der Waals surface area contributed by atoms with Gasteiger partial charge >= 0.3 is 0 Å². The molecule has 0 bridgehead atoms. The Bertz CT molecular complexity index is 1060. The molecule has 0 saturated carbocycles. The number of nitrogens with one attached hydrogen (secondary N) is 1. The van der Waals surface area contributed by atoms with Gasteiger partial charge in [0.25, 0.3) is 0 Å². The van der Waals surface area contributed by atoms with Crippen LogP contribution in [0.4, 0.5) is 0 Å². The maximum absolute atomic E-state index is 12.6. The average Bonchev–Trinajstić information content (AvgIpc) is 3.23. The fourth-order valence-corrected chi connectivity index (χ4v) is 4.44. The molecule has 1 fully saturated rings. The highest BCUT2D eigenvalue weighted by Crippen LogP contribution is 2.11. The third-order valence-electron chi connectivity index (χ3n) is 4.87. The predicted molar refractivity (Wildman–Crippen MR) is 110 cm³/mol. The first-order chi connectivity index (χ1) is 14.1. The second-order valence-corrected chi connectivity index (χ2v) is 8.74. The first-order valence-electron chi connectivity index (χ1n) is 9.50. The minimum atomic E-state index is -3.42. The standard InChI is InChI=1S/C20H22N6O2S/c27-29(28,16-11-18-7-3-1-4-8-18)25-14-12-24(13-15-25)17-26-22-20(21-23-26)19-9-5-2-6-10-19/h1-11,16H,12-15,17H2/p+1/b16-11+. The summed E-state index contributed by atoms with van der Waals surface area (Å²) in [5.74, 6) is 0.595. The van der Waals surface area contributed by atoms with E-state index in [1.165, 1.54) is 14.6 Å². The minimum absolute atomic E-state index is 0.469. The van der Waals surface area contributed by atoms with Crippen LogP contribution in [0.15, 0.2) is 66.1 Å². The molecule has 3 aromatic rings. The van der Waals surface area contributed by atoms with E-state index in [1.807, 2.05) is 60.7 Å². The van der Waals surface area contributed by atoms with Gasteiger partial charge in [0, 0.05) is 11.0 Å². The quantitative estimate of drug-likeness (QED) is 0.639. The normalized spacial score (nSPS) is 16.4. The molecule has 0 spiro atoms. The molecule has 29 heavy (non-hydrogen) atoms. The van der Waals surface area contributed by atoms with Gasteiger partial charge in [-0.05, 0) is 16.9 Å². The van der Waals surface area contributed by atoms with Crippen molar-refractivity contribution in [2.24, 2.45) is 0 Å². The Morgan fingerprint density at radius 1 is 0.966 bits per heavy atom. The zero-order valence-electron chi connectivity index (χ0n) is 15.9. The van der Waals surface area contributed by atoms with Crippen molar-refractivity contribution in [1.82, 2.24) is 24.5 Å². The van der Waals surface area contributed by atoms with Crippen molar-refractivity contribution in [3.63, 3.8) is 0 Å². The summed E-state index contributed by atoms with van der Waals surface area (Å²) in [7, 11) is -3.42. The second-order valence-electron chi connectivity index (χ2n) is 6.92. The third kappa shape index (κ3) is 4.94. The van der Waals surface area contributed by atoms with Gasteiger partial charge in [-0.2, -0.15) is 4.31 Å². The molecule has 0 aliphatic carbocycles. The van der Waals surface area contributed by atoms with Gasteiger partial charge < -0.3 is 4.90 Å². The molecule has 9 heteroatoms. The van der Waals surface area contributed by atoms with E-state index in [-0.39, 0.29) is 0 Å². The van der Waals surface area contributed by atoms with Crippen LogP contribution in [0.25, 0.3) is 17.5 Å². The SMILES string of the molecule is O=S(=O)(/C=C/c1ccccc1)N1CC[NH+](Cn2nnc(-c3ccccc3)n2)CC1. The van der Waals surface area contributed by atoms with E-state index in [2.05, 4.69) is 15.4 Å². The summed E-state index contributed by atoms with van der Waals surface area (Å²) < 4.78 is 26.7. The summed E-state index contributed by atoms with van der Waals surface area (Å²) in [6.07, 6.45) is 1.64. The topological polar surface area (TPSA) is 85.4 Å². The maximum Gasteiger partial charge on any atom is 0.236 e. The van der Waals surface area contributed by atoms with E-state index in [1.54, 1.807) is 10.9 Å². The molecule has 0 atom stereocenters. The summed E-state index contributed by atoms with van der Waals surface area (Å²) in [6, 6.07) is 19.1. The van der Waals surface area contributed by atoms with Gasteiger partial charge in [0.15, 0.2) is 6.67 Å². The Morgan fingerprint density at radius 3 is 2.31 bits per heavy atom. The van der Waals surface area contributed by atoms with Crippen molar-refractivity contribution in [3.8, 4) is 11.4 Å². The Labute approximate surface area is 170 Å². The minimum Gasteiger partial charge on any atom is -0.313 e. The molecule has 0 unspecified atom stereocenters. The Morgan fingerprint density at radius 2 is 1.62 bits per heavy atom. The zero-order valence-corrected chi connectivity index (χ0v) is 16.7. The molecule has 2 aromatic carbocycles. The van der Waals surface area contributed by atoms with Crippen molar-refractivity contribution < 1.29 is 13.3 Å². The summed E-state index contributed by atoms with van der Waals surface area (Å²) >= 11 is 0. The second kappa shape index (κ2) is 8.64. The smallest absolute Gasteiger partial charge is 0.236 e. The molecule has 150 valence electrons. The monoisotopic (exact) mass is 411 g/mol. The van der Waals surface area contributed by atoms with Crippen LogP contribution in [0.3, 0.4) is 0 Å². The highest BCUT2D eigenvalue weighted by atomic mass is 32.2. The summed E-state index contributed by atoms with van der Waals surface area (Å²) in [4.78, 5) is 2.80. The van der Waals surface area contributed by atoms with Crippen LogP contribution in [-0.4, -0.2) is 59.1 Å². The maximum atomic E-state index is 12.6.